The van der Waals surface area contributed by atoms with Gasteiger partial charge in [0, 0.05) is 57.8 Å². The van der Waals surface area contributed by atoms with Gasteiger partial charge in [0.05, 0.1) is 18.7 Å². The van der Waals surface area contributed by atoms with Gasteiger partial charge in [0.25, 0.3) is 11.8 Å². The lowest BCUT2D eigenvalue weighted by molar-refractivity contribution is -0.146. The highest BCUT2D eigenvalue weighted by atomic mass is 16.5. The zero-order valence-electron chi connectivity index (χ0n) is 16.1. The highest BCUT2D eigenvalue weighted by Gasteiger charge is 2.31. The lowest BCUT2D eigenvalue weighted by atomic mass is 10.2. The van der Waals surface area contributed by atoms with Crippen molar-refractivity contribution in [1.82, 2.24) is 19.4 Å². The Labute approximate surface area is 163 Å². The summed E-state index contributed by atoms with van der Waals surface area (Å²) in [6.45, 7) is 1.41. The van der Waals surface area contributed by atoms with E-state index in [2.05, 4.69) is 4.98 Å². The van der Waals surface area contributed by atoms with Crippen molar-refractivity contribution >= 4 is 11.8 Å². The molecule has 2 aromatic heterocycles. The first-order valence-corrected chi connectivity index (χ1v) is 9.18. The first-order valence-electron chi connectivity index (χ1n) is 9.18. The molecule has 1 aliphatic heterocycles. The van der Waals surface area contributed by atoms with E-state index in [9.17, 15) is 14.4 Å². The van der Waals surface area contributed by atoms with Crippen LogP contribution in [0.25, 0.3) is 0 Å². The highest BCUT2D eigenvalue weighted by Crippen LogP contribution is 2.12. The zero-order chi connectivity index (χ0) is 20.1. The number of aromatic nitrogens is 2. The van der Waals surface area contributed by atoms with Gasteiger partial charge in [-0.2, -0.15) is 0 Å². The minimum Gasteiger partial charge on any atom is -0.365 e. The van der Waals surface area contributed by atoms with Crippen molar-refractivity contribution in [2.75, 3.05) is 33.3 Å². The number of hydrogen-bond acceptors (Lipinski definition) is 5. The van der Waals surface area contributed by atoms with Gasteiger partial charge in [-0.05, 0) is 18.2 Å². The number of likely N-dealkylation sites (N-methyl/N-ethyl adjacent to an activating group) is 1. The molecular formula is C20H24N4O4. The largest absolute Gasteiger partial charge is 0.365 e. The van der Waals surface area contributed by atoms with Crippen molar-refractivity contribution in [3.63, 3.8) is 0 Å². The van der Waals surface area contributed by atoms with E-state index < -0.39 is 6.10 Å². The fourth-order valence-electron chi connectivity index (χ4n) is 3.07. The van der Waals surface area contributed by atoms with Gasteiger partial charge in [-0.15, -0.1) is 0 Å². The first kappa shape index (κ1) is 19.8. The van der Waals surface area contributed by atoms with Gasteiger partial charge in [-0.25, -0.2) is 0 Å². The van der Waals surface area contributed by atoms with Crippen LogP contribution < -0.4 is 5.56 Å². The van der Waals surface area contributed by atoms with E-state index in [1.54, 1.807) is 30.1 Å². The minimum atomic E-state index is -0.695. The molecule has 3 rings (SSSR count). The minimum absolute atomic E-state index is 0.158. The van der Waals surface area contributed by atoms with Gasteiger partial charge >= 0.3 is 0 Å². The maximum Gasteiger partial charge on any atom is 0.255 e. The van der Waals surface area contributed by atoms with E-state index in [1.165, 1.54) is 22.9 Å². The molecule has 8 nitrogen and oxygen atoms in total. The maximum absolute atomic E-state index is 12.7. The van der Waals surface area contributed by atoms with Crippen LogP contribution in [0, 0.1) is 0 Å². The molecule has 2 aromatic rings. The van der Waals surface area contributed by atoms with Crippen molar-refractivity contribution in [3.8, 4) is 0 Å². The number of carbonyl (C=O) groups is 2. The Kier molecular flexibility index (Phi) is 6.20. The Morgan fingerprint density at radius 1 is 1.29 bits per heavy atom. The van der Waals surface area contributed by atoms with Gasteiger partial charge < -0.3 is 19.1 Å². The third-order valence-electron chi connectivity index (χ3n) is 4.77. The van der Waals surface area contributed by atoms with Gasteiger partial charge in [-0.3, -0.25) is 19.4 Å². The molecule has 0 radical (unpaired) electrons. The SMILES string of the molecule is CN(CCc1ccccn1)C(=O)[C@@H]1CN(C(=O)c2ccc(=O)n(C)c2)CCO1. The lowest BCUT2D eigenvalue weighted by Crippen LogP contribution is -2.52. The number of aryl methyl sites for hydroxylation is 1. The number of morpholine rings is 1. The average Bonchev–Trinajstić information content (AvgIpc) is 2.73. The number of carbonyl (C=O) groups excluding carboxylic acids is 2. The molecule has 0 unspecified atom stereocenters. The normalized spacial score (nSPS) is 16.6. The average molecular weight is 384 g/mol. The predicted molar refractivity (Wildman–Crippen MR) is 103 cm³/mol. The standard InChI is InChI=1S/C20H24N4O4/c1-22(10-8-16-5-3-4-9-21-16)20(27)17-14-24(11-12-28-17)19(26)15-6-7-18(25)23(2)13-15/h3-7,9,13,17H,8,10-12,14H2,1-2H3/t17-/m0/s1. The summed E-state index contributed by atoms with van der Waals surface area (Å²) in [6, 6.07) is 8.56. The van der Waals surface area contributed by atoms with Crippen molar-refractivity contribution < 1.29 is 14.3 Å². The third-order valence-corrected chi connectivity index (χ3v) is 4.77. The molecule has 8 heteroatoms. The summed E-state index contributed by atoms with van der Waals surface area (Å²) in [6.07, 6.45) is 3.19. The summed E-state index contributed by atoms with van der Waals surface area (Å²) < 4.78 is 6.98. The van der Waals surface area contributed by atoms with Gasteiger partial charge in [0.15, 0.2) is 6.10 Å². The first-order chi connectivity index (χ1) is 13.5. The summed E-state index contributed by atoms with van der Waals surface area (Å²) in [5.74, 6) is -0.373. The molecule has 1 fully saturated rings. The molecule has 148 valence electrons. The molecule has 0 aromatic carbocycles. The van der Waals surface area contributed by atoms with Crippen LogP contribution in [0.3, 0.4) is 0 Å². The Hall–Kier alpha value is -3.00. The molecule has 0 N–H and O–H groups in total. The lowest BCUT2D eigenvalue weighted by Gasteiger charge is -2.34. The van der Waals surface area contributed by atoms with Crippen molar-refractivity contribution in [1.29, 1.82) is 0 Å². The second kappa shape index (κ2) is 8.79. The quantitative estimate of drug-likeness (QED) is 0.741. The summed E-state index contributed by atoms with van der Waals surface area (Å²) in [5, 5.41) is 0. The maximum atomic E-state index is 12.7. The molecule has 3 heterocycles. The Bertz CT molecular complexity index is 897. The molecular weight excluding hydrogens is 360 g/mol. The smallest absolute Gasteiger partial charge is 0.255 e. The second-order valence-electron chi connectivity index (χ2n) is 6.81. The number of nitrogens with zero attached hydrogens (tertiary/aromatic N) is 4. The molecule has 28 heavy (non-hydrogen) atoms. The summed E-state index contributed by atoms with van der Waals surface area (Å²) >= 11 is 0. The van der Waals surface area contributed by atoms with Crippen LogP contribution in [-0.2, 0) is 23.0 Å². The van der Waals surface area contributed by atoms with Crippen LogP contribution in [-0.4, -0.2) is 70.6 Å². The van der Waals surface area contributed by atoms with Crippen LogP contribution in [0.2, 0.25) is 0 Å². The van der Waals surface area contributed by atoms with Crippen LogP contribution in [0.4, 0.5) is 0 Å². The van der Waals surface area contributed by atoms with Crippen LogP contribution in [0.1, 0.15) is 16.1 Å². The Morgan fingerprint density at radius 3 is 2.82 bits per heavy atom. The number of pyridine rings is 2. The van der Waals surface area contributed by atoms with Gasteiger partial charge in [0.2, 0.25) is 5.56 Å². The summed E-state index contributed by atoms with van der Waals surface area (Å²) in [4.78, 5) is 44.4. The van der Waals surface area contributed by atoms with Crippen LogP contribution >= 0.6 is 0 Å². The van der Waals surface area contributed by atoms with Gasteiger partial charge in [0.1, 0.15) is 0 Å². The van der Waals surface area contributed by atoms with E-state index in [0.29, 0.717) is 31.7 Å². The topological polar surface area (TPSA) is 84.7 Å². The fraction of sp³-hybridized carbons (Fsp3) is 0.400. The molecule has 0 spiro atoms. The third kappa shape index (κ3) is 4.64. The monoisotopic (exact) mass is 384 g/mol. The van der Waals surface area contributed by atoms with E-state index in [4.69, 9.17) is 4.74 Å². The van der Waals surface area contributed by atoms with E-state index in [1.807, 2.05) is 18.2 Å². The molecule has 2 amide bonds. The Morgan fingerprint density at radius 2 is 2.11 bits per heavy atom. The Balaban J connectivity index is 1.60. The number of amides is 2. The molecule has 1 saturated heterocycles. The van der Waals surface area contributed by atoms with E-state index in [-0.39, 0.29) is 23.9 Å². The van der Waals surface area contributed by atoms with E-state index in [0.717, 1.165) is 5.69 Å². The van der Waals surface area contributed by atoms with Crippen molar-refractivity contribution in [2.45, 2.75) is 12.5 Å². The molecule has 1 atom stereocenters. The fourth-order valence-corrected chi connectivity index (χ4v) is 3.07. The van der Waals surface area contributed by atoms with E-state index >= 15 is 0 Å². The zero-order valence-corrected chi connectivity index (χ0v) is 16.1. The van der Waals surface area contributed by atoms with Crippen molar-refractivity contribution in [3.05, 3.63) is 64.3 Å². The summed E-state index contributed by atoms with van der Waals surface area (Å²) in [5.41, 5.74) is 1.15. The van der Waals surface area contributed by atoms with Crippen LogP contribution in [0.5, 0.6) is 0 Å². The number of ether oxygens (including phenoxy) is 1. The number of rotatable bonds is 5. The molecule has 0 saturated carbocycles. The van der Waals surface area contributed by atoms with Crippen molar-refractivity contribution in [2.24, 2.45) is 7.05 Å². The highest BCUT2D eigenvalue weighted by molar-refractivity contribution is 5.94. The number of hydrogen-bond donors (Lipinski definition) is 0. The molecule has 0 aliphatic carbocycles. The summed E-state index contributed by atoms with van der Waals surface area (Å²) in [7, 11) is 3.32. The molecule has 1 aliphatic rings. The predicted octanol–water partition coefficient (Wildman–Crippen LogP) is 0.322. The van der Waals surface area contributed by atoms with Gasteiger partial charge in [-0.1, -0.05) is 6.07 Å². The second-order valence-corrected chi connectivity index (χ2v) is 6.81. The van der Waals surface area contributed by atoms with Crippen LogP contribution in [0.15, 0.2) is 47.5 Å². The molecule has 0 bridgehead atoms.